The van der Waals surface area contributed by atoms with Crippen molar-refractivity contribution in [2.75, 3.05) is 9.91 Å². The maximum atomic E-state index is 14.1. The lowest BCUT2D eigenvalue weighted by Crippen LogP contribution is -2.51. The van der Waals surface area contributed by atoms with Gasteiger partial charge in [0.15, 0.2) is 5.04 Å². The largest absolute Gasteiger partial charge is 0.285 e. The van der Waals surface area contributed by atoms with Crippen LogP contribution in [0.3, 0.4) is 0 Å². The van der Waals surface area contributed by atoms with Gasteiger partial charge in [0.1, 0.15) is 0 Å². The third kappa shape index (κ3) is 4.31. The molecule has 0 N–H and O–H groups in total. The van der Waals surface area contributed by atoms with E-state index >= 15 is 0 Å². The minimum Gasteiger partial charge on any atom is -0.285 e. The zero-order valence-corrected chi connectivity index (χ0v) is 22.2. The molecular weight excluding hydrogens is 519 g/mol. The highest BCUT2D eigenvalue weighted by atomic mass is 32.2. The highest BCUT2D eigenvalue weighted by Gasteiger charge is 2.60. The molecule has 5 nitrogen and oxygen atoms in total. The average Bonchev–Trinajstić information content (AvgIpc) is 3.65. The zero-order valence-electron chi connectivity index (χ0n) is 19.8. The summed E-state index contributed by atoms with van der Waals surface area (Å²) in [5.74, 6) is -0.278. The first-order valence-electron chi connectivity index (χ1n) is 11.6. The second-order valence-electron chi connectivity index (χ2n) is 8.51. The van der Waals surface area contributed by atoms with Gasteiger partial charge in [-0.05, 0) is 66.0 Å². The van der Waals surface area contributed by atoms with Gasteiger partial charge in [-0.3, -0.25) is 14.5 Å². The number of benzene rings is 3. The summed E-state index contributed by atoms with van der Waals surface area (Å²) in [5, 5.41) is 8.91. The Morgan fingerprint density at radius 2 is 1.54 bits per heavy atom. The molecule has 1 aromatic heterocycles. The Bertz CT molecular complexity index is 1520. The fourth-order valence-corrected chi connectivity index (χ4v) is 7.84. The number of amides is 1. The molecule has 1 spiro atoms. The Morgan fingerprint density at radius 3 is 2.22 bits per heavy atom. The van der Waals surface area contributed by atoms with Crippen LogP contribution >= 0.6 is 34.9 Å². The first-order valence-corrected chi connectivity index (χ1v) is 14.1. The molecule has 4 aromatic rings. The van der Waals surface area contributed by atoms with Crippen molar-refractivity contribution in [1.82, 2.24) is 0 Å². The summed E-state index contributed by atoms with van der Waals surface area (Å²) in [4.78, 5) is 30.5. The molecule has 1 amide bonds. The van der Waals surface area contributed by atoms with Gasteiger partial charge in [0.05, 0.1) is 15.5 Å². The van der Waals surface area contributed by atoms with Crippen molar-refractivity contribution in [2.45, 2.75) is 11.3 Å². The first kappa shape index (κ1) is 23.8. The van der Waals surface area contributed by atoms with Gasteiger partial charge in [-0.2, -0.15) is 5.10 Å². The van der Waals surface area contributed by atoms with Crippen LogP contribution in [0.1, 0.15) is 20.8 Å². The van der Waals surface area contributed by atoms with Crippen LogP contribution in [0, 0.1) is 6.92 Å². The van der Waals surface area contributed by atoms with Crippen molar-refractivity contribution < 1.29 is 9.59 Å². The lowest BCUT2D eigenvalue weighted by molar-refractivity contribution is -0.114. The van der Waals surface area contributed by atoms with Crippen molar-refractivity contribution >= 4 is 69.0 Å². The summed E-state index contributed by atoms with van der Waals surface area (Å²) in [6.45, 7) is 2.03. The molecule has 1 saturated heterocycles. The number of hydrogen-bond acceptors (Lipinski definition) is 7. The highest BCUT2D eigenvalue weighted by molar-refractivity contribution is 8.29. The van der Waals surface area contributed by atoms with E-state index in [1.165, 1.54) is 34.9 Å². The Labute approximate surface area is 227 Å². The summed E-state index contributed by atoms with van der Waals surface area (Å²) >= 11 is 4.12. The van der Waals surface area contributed by atoms with Crippen LogP contribution in [0.5, 0.6) is 0 Å². The fourth-order valence-electron chi connectivity index (χ4n) is 4.18. The monoisotopic (exact) mass is 539 g/mol. The van der Waals surface area contributed by atoms with Crippen molar-refractivity contribution in [1.29, 1.82) is 0 Å². The van der Waals surface area contributed by atoms with E-state index in [0.717, 1.165) is 22.5 Å². The van der Waals surface area contributed by atoms with E-state index in [9.17, 15) is 9.59 Å². The first-order chi connectivity index (χ1) is 18.0. The molecule has 1 atom stereocenters. The van der Waals surface area contributed by atoms with Gasteiger partial charge < -0.3 is 0 Å². The summed E-state index contributed by atoms with van der Waals surface area (Å²) in [5.41, 5.74) is 3.59. The summed E-state index contributed by atoms with van der Waals surface area (Å²) < 4.78 is -1.05. The molecule has 37 heavy (non-hydrogen) atoms. The quantitative estimate of drug-likeness (QED) is 0.198. The molecule has 0 saturated carbocycles. The highest BCUT2D eigenvalue weighted by Crippen LogP contribution is 2.59. The number of thioether (sulfide) groups is 2. The lowest BCUT2D eigenvalue weighted by Gasteiger charge is -2.38. The maximum absolute atomic E-state index is 14.1. The Balaban J connectivity index is 1.52. The predicted octanol–water partition coefficient (Wildman–Crippen LogP) is 7.24. The van der Waals surface area contributed by atoms with Gasteiger partial charge >= 0.3 is 0 Å². The molecule has 0 radical (unpaired) electrons. The van der Waals surface area contributed by atoms with Gasteiger partial charge in [0, 0.05) is 5.69 Å². The minimum atomic E-state index is -1.05. The van der Waals surface area contributed by atoms with Crippen LogP contribution in [0.2, 0.25) is 0 Å². The minimum absolute atomic E-state index is 0.135. The Hall–Kier alpha value is -3.59. The number of carbonyl (C=O) groups is 2. The number of carbonyl (C=O) groups excluding carboxylic acids is 2. The van der Waals surface area contributed by atoms with Crippen LogP contribution in [0.15, 0.2) is 112 Å². The molecule has 8 heteroatoms. The van der Waals surface area contributed by atoms with Crippen LogP contribution in [-0.2, 0) is 4.79 Å². The number of para-hydroxylation sites is 1. The number of hydrogen-bond donors (Lipinski definition) is 0. The molecule has 1 fully saturated rings. The third-order valence-corrected chi connectivity index (χ3v) is 9.54. The molecule has 0 unspecified atom stereocenters. The van der Waals surface area contributed by atoms with Crippen LogP contribution in [-0.4, -0.2) is 21.1 Å². The molecule has 3 heterocycles. The van der Waals surface area contributed by atoms with E-state index in [0.29, 0.717) is 14.8 Å². The van der Waals surface area contributed by atoms with Crippen LogP contribution in [0.25, 0.3) is 6.08 Å². The number of aryl methyl sites for hydroxylation is 1. The van der Waals surface area contributed by atoms with E-state index in [1.54, 1.807) is 11.0 Å². The lowest BCUT2D eigenvalue weighted by atomic mass is 10.2. The molecule has 2 aliphatic rings. The van der Waals surface area contributed by atoms with Crippen LogP contribution < -0.4 is 9.91 Å². The number of hydrazone groups is 1. The molecule has 0 aliphatic carbocycles. The third-order valence-electron chi connectivity index (χ3n) is 5.96. The second-order valence-corrected chi connectivity index (χ2v) is 12.1. The molecule has 182 valence electrons. The predicted molar refractivity (Wildman–Crippen MR) is 156 cm³/mol. The smallest absolute Gasteiger partial charge is 0.268 e. The molecule has 3 aromatic carbocycles. The Morgan fingerprint density at radius 1 is 0.838 bits per heavy atom. The summed E-state index contributed by atoms with van der Waals surface area (Å²) in [6.07, 6.45) is 1.91. The number of ketones is 1. The maximum Gasteiger partial charge on any atom is 0.268 e. The second kappa shape index (κ2) is 9.70. The molecule has 2 aliphatic heterocycles. The van der Waals surface area contributed by atoms with E-state index in [4.69, 9.17) is 5.10 Å². The summed E-state index contributed by atoms with van der Waals surface area (Å²) in [7, 11) is 0. The van der Waals surface area contributed by atoms with Crippen molar-refractivity contribution in [3.63, 3.8) is 0 Å². The van der Waals surface area contributed by atoms with Crippen molar-refractivity contribution in [2.24, 2.45) is 5.10 Å². The average molecular weight is 540 g/mol. The SMILES string of the molecule is Cc1ccc(N2N=C(C(=O)c3cccs3)S[C@]23S/C(=C\c2ccccc2)C(=O)N3c2ccccc2)cc1. The standard InChI is InChI=1S/C29H21N3O2S3/c1-20-14-16-23(17-15-20)32-29(37-27(30-32)26(33)24-13-8-18-35-24)31(22-11-6-3-7-12-22)28(34)25(36-29)19-21-9-4-2-5-10-21/h2-19H,1H3/b25-19-/t29-/m0/s1. The van der Waals surface area contributed by atoms with Crippen molar-refractivity contribution in [3.05, 3.63) is 123 Å². The van der Waals surface area contributed by atoms with Gasteiger partial charge in [-0.25, -0.2) is 5.01 Å². The number of Topliss-reactive ketones (excluding diaryl/α,β-unsaturated/α-hetero) is 1. The fraction of sp³-hybridized carbons (Fsp3) is 0.0690. The van der Waals surface area contributed by atoms with Gasteiger partial charge in [0.25, 0.3) is 5.91 Å². The zero-order chi connectivity index (χ0) is 25.4. The van der Waals surface area contributed by atoms with Gasteiger partial charge in [-0.15, -0.1) is 11.3 Å². The molecular formula is C29H21N3O2S3. The number of anilines is 2. The Kier molecular flexibility index (Phi) is 6.24. The number of thiophene rings is 1. The molecule has 6 rings (SSSR count). The number of rotatable bonds is 5. The van der Waals surface area contributed by atoms with E-state index < -0.39 is 4.33 Å². The van der Waals surface area contributed by atoms with Crippen molar-refractivity contribution in [3.8, 4) is 0 Å². The van der Waals surface area contributed by atoms with Crippen LogP contribution in [0.4, 0.5) is 11.4 Å². The topological polar surface area (TPSA) is 53.0 Å². The molecule has 0 bridgehead atoms. The summed E-state index contributed by atoms with van der Waals surface area (Å²) in [6, 6.07) is 31.0. The van der Waals surface area contributed by atoms with Gasteiger partial charge in [-0.1, -0.05) is 84.1 Å². The van der Waals surface area contributed by atoms with E-state index in [1.807, 2.05) is 114 Å². The van der Waals surface area contributed by atoms with Gasteiger partial charge in [0.2, 0.25) is 10.1 Å². The number of nitrogens with zero attached hydrogens (tertiary/aromatic N) is 3. The van der Waals surface area contributed by atoms with E-state index in [2.05, 4.69) is 0 Å². The normalized spacial score (nSPS) is 20.2. The van der Waals surface area contributed by atoms with E-state index in [-0.39, 0.29) is 11.7 Å².